The predicted molar refractivity (Wildman–Crippen MR) is 58.0 cm³/mol. The number of hydrogen-bond donors (Lipinski definition) is 0. The fourth-order valence-corrected chi connectivity index (χ4v) is 1.51. The van der Waals surface area contributed by atoms with Gasteiger partial charge in [-0.3, -0.25) is 0 Å². The zero-order valence-corrected chi connectivity index (χ0v) is 9.32. The molecular formula is C11H15Br. The first kappa shape index (κ1) is 9.79. The Kier molecular flexibility index (Phi) is 3.80. The lowest BCUT2D eigenvalue weighted by Gasteiger charge is -2.03. The molecule has 0 amide bonds. The van der Waals surface area contributed by atoms with E-state index in [1.165, 1.54) is 29.5 Å². The lowest BCUT2D eigenvalue weighted by atomic mass is 10.0. The van der Waals surface area contributed by atoms with E-state index in [4.69, 9.17) is 0 Å². The maximum absolute atomic E-state index is 3.44. The second kappa shape index (κ2) is 4.66. The van der Waals surface area contributed by atoms with Crippen molar-refractivity contribution < 1.29 is 0 Å². The minimum atomic E-state index is 1.10. The fourth-order valence-electron chi connectivity index (χ4n) is 1.23. The van der Waals surface area contributed by atoms with Gasteiger partial charge in [0, 0.05) is 5.33 Å². The molecule has 1 aromatic rings. The second-order valence-corrected chi connectivity index (χ2v) is 4.00. The van der Waals surface area contributed by atoms with Crippen LogP contribution in [0.2, 0.25) is 0 Å². The number of halogens is 1. The van der Waals surface area contributed by atoms with Gasteiger partial charge in [-0.2, -0.15) is 0 Å². The summed E-state index contributed by atoms with van der Waals surface area (Å²) in [7, 11) is 0. The summed E-state index contributed by atoms with van der Waals surface area (Å²) in [5.41, 5.74) is 4.25. The molecule has 66 valence electrons. The molecule has 0 N–H and O–H groups in total. The molecule has 0 fully saturated rings. The molecule has 0 saturated carbocycles. The number of hydrogen-bond acceptors (Lipinski definition) is 0. The first-order chi connectivity index (χ1) is 5.74. The minimum Gasteiger partial charge on any atom is -0.0928 e. The Bertz CT molecular complexity index is 253. The van der Waals surface area contributed by atoms with E-state index in [0.29, 0.717) is 0 Å². The standard InChI is InChI=1S/C11H15Br/c1-9-5-6-11(4-3-7-12)8-10(9)2/h5-6,8H,3-4,7H2,1-2H3. The normalized spacial score (nSPS) is 10.2. The summed E-state index contributed by atoms with van der Waals surface area (Å²) >= 11 is 3.44. The molecule has 1 rings (SSSR count). The van der Waals surface area contributed by atoms with Crippen molar-refractivity contribution in [3.8, 4) is 0 Å². The van der Waals surface area contributed by atoms with E-state index < -0.39 is 0 Å². The molecule has 0 nitrogen and oxygen atoms in total. The van der Waals surface area contributed by atoms with Crippen LogP contribution in [0, 0.1) is 13.8 Å². The van der Waals surface area contributed by atoms with Crippen molar-refractivity contribution >= 4 is 15.9 Å². The molecule has 0 unspecified atom stereocenters. The quantitative estimate of drug-likeness (QED) is 0.691. The molecule has 0 aliphatic carbocycles. The third kappa shape index (κ3) is 2.63. The Morgan fingerprint density at radius 1 is 1.17 bits per heavy atom. The van der Waals surface area contributed by atoms with Crippen LogP contribution in [0.25, 0.3) is 0 Å². The monoisotopic (exact) mass is 226 g/mol. The van der Waals surface area contributed by atoms with Crippen LogP contribution in [0.4, 0.5) is 0 Å². The fraction of sp³-hybridized carbons (Fsp3) is 0.455. The number of aryl methyl sites for hydroxylation is 3. The largest absolute Gasteiger partial charge is 0.0928 e. The summed E-state index contributed by atoms with van der Waals surface area (Å²) in [6.45, 7) is 4.33. The summed E-state index contributed by atoms with van der Waals surface area (Å²) in [5.74, 6) is 0. The lowest BCUT2D eigenvalue weighted by Crippen LogP contribution is -1.88. The average Bonchev–Trinajstić information content (AvgIpc) is 2.07. The average molecular weight is 227 g/mol. The Morgan fingerprint density at radius 2 is 1.92 bits per heavy atom. The molecule has 0 heterocycles. The summed E-state index contributed by atoms with van der Waals surface area (Å²) in [4.78, 5) is 0. The number of alkyl halides is 1. The lowest BCUT2D eigenvalue weighted by molar-refractivity contribution is 0.936. The van der Waals surface area contributed by atoms with E-state index in [-0.39, 0.29) is 0 Å². The highest BCUT2D eigenvalue weighted by Crippen LogP contribution is 2.11. The van der Waals surface area contributed by atoms with Crippen molar-refractivity contribution in [2.45, 2.75) is 26.7 Å². The summed E-state index contributed by atoms with van der Waals surface area (Å²) in [6, 6.07) is 6.72. The maximum atomic E-state index is 3.44. The van der Waals surface area contributed by atoms with E-state index in [2.05, 4.69) is 48.0 Å². The molecule has 1 aromatic carbocycles. The Morgan fingerprint density at radius 3 is 2.50 bits per heavy atom. The highest BCUT2D eigenvalue weighted by molar-refractivity contribution is 9.09. The predicted octanol–water partition coefficient (Wildman–Crippen LogP) is 3.63. The van der Waals surface area contributed by atoms with Gasteiger partial charge in [-0.1, -0.05) is 34.1 Å². The van der Waals surface area contributed by atoms with E-state index >= 15 is 0 Å². The van der Waals surface area contributed by atoms with Crippen molar-refractivity contribution in [2.24, 2.45) is 0 Å². The van der Waals surface area contributed by atoms with Crippen molar-refractivity contribution in [2.75, 3.05) is 5.33 Å². The molecule has 0 atom stereocenters. The molecule has 0 aromatic heterocycles. The van der Waals surface area contributed by atoms with Crippen LogP contribution >= 0.6 is 15.9 Å². The van der Waals surface area contributed by atoms with Crippen LogP contribution < -0.4 is 0 Å². The molecule has 0 spiro atoms. The maximum Gasteiger partial charge on any atom is 0.00344 e. The van der Waals surface area contributed by atoms with Gasteiger partial charge in [0.15, 0.2) is 0 Å². The highest BCUT2D eigenvalue weighted by Gasteiger charge is 1.95. The van der Waals surface area contributed by atoms with Crippen LogP contribution in [0.5, 0.6) is 0 Å². The number of benzene rings is 1. The second-order valence-electron chi connectivity index (χ2n) is 3.21. The van der Waals surface area contributed by atoms with Crippen LogP contribution in [0.15, 0.2) is 18.2 Å². The van der Waals surface area contributed by atoms with Crippen LogP contribution in [0.3, 0.4) is 0 Å². The molecular weight excluding hydrogens is 212 g/mol. The smallest absolute Gasteiger partial charge is 0.00344 e. The third-order valence-electron chi connectivity index (χ3n) is 2.17. The van der Waals surface area contributed by atoms with Crippen molar-refractivity contribution in [3.63, 3.8) is 0 Å². The van der Waals surface area contributed by atoms with E-state index in [1.54, 1.807) is 0 Å². The van der Waals surface area contributed by atoms with E-state index in [9.17, 15) is 0 Å². The molecule has 12 heavy (non-hydrogen) atoms. The first-order valence-corrected chi connectivity index (χ1v) is 5.48. The zero-order valence-electron chi connectivity index (χ0n) is 7.73. The van der Waals surface area contributed by atoms with Crippen molar-refractivity contribution in [1.82, 2.24) is 0 Å². The highest BCUT2D eigenvalue weighted by atomic mass is 79.9. The molecule has 0 bridgehead atoms. The van der Waals surface area contributed by atoms with E-state index in [1.807, 2.05) is 0 Å². The number of rotatable bonds is 3. The van der Waals surface area contributed by atoms with E-state index in [0.717, 1.165) is 5.33 Å². The molecule has 0 aliphatic heterocycles. The van der Waals surface area contributed by atoms with Gasteiger partial charge in [0.2, 0.25) is 0 Å². The molecule has 0 aliphatic rings. The third-order valence-corrected chi connectivity index (χ3v) is 2.73. The Balaban J connectivity index is 2.69. The van der Waals surface area contributed by atoms with Crippen LogP contribution in [-0.4, -0.2) is 5.33 Å². The Hall–Kier alpha value is -0.300. The summed E-state index contributed by atoms with van der Waals surface area (Å²) in [5, 5.41) is 1.10. The Labute approximate surface area is 83.1 Å². The van der Waals surface area contributed by atoms with Gasteiger partial charge >= 0.3 is 0 Å². The van der Waals surface area contributed by atoms with Crippen LogP contribution in [0.1, 0.15) is 23.1 Å². The van der Waals surface area contributed by atoms with Gasteiger partial charge in [0.25, 0.3) is 0 Å². The molecule has 0 radical (unpaired) electrons. The molecule has 1 heteroatoms. The first-order valence-electron chi connectivity index (χ1n) is 4.36. The van der Waals surface area contributed by atoms with Crippen molar-refractivity contribution in [3.05, 3.63) is 34.9 Å². The van der Waals surface area contributed by atoms with Gasteiger partial charge in [-0.25, -0.2) is 0 Å². The SMILES string of the molecule is Cc1ccc(CCCBr)cc1C. The van der Waals surface area contributed by atoms with Gasteiger partial charge in [-0.15, -0.1) is 0 Å². The van der Waals surface area contributed by atoms with Gasteiger partial charge < -0.3 is 0 Å². The minimum absolute atomic E-state index is 1.10. The molecule has 0 saturated heterocycles. The van der Waals surface area contributed by atoms with Crippen LogP contribution in [-0.2, 0) is 6.42 Å². The van der Waals surface area contributed by atoms with Gasteiger partial charge in [0.1, 0.15) is 0 Å². The topological polar surface area (TPSA) is 0 Å². The summed E-state index contributed by atoms with van der Waals surface area (Å²) < 4.78 is 0. The van der Waals surface area contributed by atoms with Gasteiger partial charge in [0.05, 0.1) is 0 Å². The summed E-state index contributed by atoms with van der Waals surface area (Å²) in [6.07, 6.45) is 2.41. The zero-order chi connectivity index (χ0) is 8.97. The van der Waals surface area contributed by atoms with Gasteiger partial charge in [-0.05, 0) is 43.4 Å². The van der Waals surface area contributed by atoms with Crippen molar-refractivity contribution in [1.29, 1.82) is 0 Å².